The van der Waals surface area contributed by atoms with Crippen LogP contribution in [-0.2, 0) is 14.0 Å². The van der Waals surface area contributed by atoms with E-state index in [0.717, 1.165) is 28.7 Å². The predicted octanol–water partition coefficient (Wildman–Crippen LogP) is 6.14. The van der Waals surface area contributed by atoms with Crippen molar-refractivity contribution in [2.24, 2.45) is 23.2 Å². The first kappa shape index (κ1) is 23.0. The number of rotatable bonds is 5. The Kier molecular flexibility index (Phi) is 5.09. The van der Waals surface area contributed by atoms with Crippen LogP contribution in [0.1, 0.15) is 83.1 Å². The Hall–Kier alpha value is -1.44. The third kappa shape index (κ3) is 3.57. The zero-order valence-electron chi connectivity index (χ0n) is 21.1. The zero-order chi connectivity index (χ0) is 24.0. The summed E-state index contributed by atoms with van der Waals surface area (Å²) in [4.78, 5) is 14.0. The van der Waals surface area contributed by atoms with Gasteiger partial charge in [-0.3, -0.25) is 0 Å². The molecule has 5 fully saturated rings. The van der Waals surface area contributed by atoms with Crippen LogP contribution in [0.5, 0.6) is 5.75 Å². The van der Waals surface area contributed by atoms with Gasteiger partial charge in [-0.2, -0.15) is 0 Å². The monoisotopic (exact) mass is 482 g/mol. The van der Waals surface area contributed by atoms with Gasteiger partial charge in [-0.25, -0.2) is 4.79 Å². The van der Waals surface area contributed by atoms with E-state index in [2.05, 4.69) is 27.7 Å². The molecule has 1 unspecified atom stereocenters. The first-order valence-corrected chi connectivity index (χ1v) is 13.6. The Morgan fingerprint density at radius 3 is 2.59 bits per heavy atom. The lowest BCUT2D eigenvalue weighted by molar-refractivity contribution is -0.199. The molecule has 4 saturated carbocycles. The van der Waals surface area contributed by atoms with E-state index in [1.165, 1.54) is 19.3 Å². The van der Waals surface area contributed by atoms with Crippen molar-refractivity contribution >= 4 is 30.9 Å². The number of carbonyl (C=O) groups excluding carboxylic acids is 1. The van der Waals surface area contributed by atoms with Crippen LogP contribution in [0.15, 0.2) is 23.0 Å². The number of thioether (sulfide) groups is 1. The molecule has 2 bridgehead atoms. The number of hydrogen-bond acceptors (Lipinski definition) is 6. The second-order valence-corrected chi connectivity index (χ2v) is 13.5. The molecular formula is C27H35BO5S. The van der Waals surface area contributed by atoms with E-state index in [1.807, 2.05) is 24.2 Å². The number of ether oxygens (including phenoxy) is 2. The third-order valence-corrected chi connectivity index (χ3v) is 10.4. The maximum absolute atomic E-state index is 13.0. The molecule has 1 aromatic carbocycles. The number of hydrogen-bond donors (Lipinski definition) is 0. The molecular weight excluding hydrogens is 447 g/mol. The first-order valence-electron chi connectivity index (χ1n) is 12.8. The summed E-state index contributed by atoms with van der Waals surface area (Å²) in [6.45, 7) is 12.8. The summed E-state index contributed by atoms with van der Waals surface area (Å²) in [7, 11) is -0.395. The highest BCUT2D eigenvalue weighted by molar-refractivity contribution is 8.00. The molecule has 0 amide bonds. The Labute approximate surface area is 207 Å². The minimum absolute atomic E-state index is 0.140. The van der Waals surface area contributed by atoms with Crippen LogP contribution < -0.4 is 4.74 Å². The van der Waals surface area contributed by atoms with Gasteiger partial charge in [0.2, 0.25) is 5.79 Å². The summed E-state index contributed by atoms with van der Waals surface area (Å²) < 4.78 is 24.7. The second-order valence-electron chi connectivity index (χ2n) is 12.1. The topological polar surface area (TPSA) is 54.0 Å². The quantitative estimate of drug-likeness (QED) is 0.285. The van der Waals surface area contributed by atoms with E-state index < -0.39 is 12.9 Å². The van der Waals surface area contributed by atoms with E-state index in [1.54, 1.807) is 25.6 Å². The zero-order valence-corrected chi connectivity index (χ0v) is 21.9. The van der Waals surface area contributed by atoms with E-state index >= 15 is 0 Å². The normalized spacial score (nSPS) is 35.8. The number of fused-ring (bicyclic) bond motifs is 1. The lowest BCUT2D eigenvalue weighted by Gasteiger charge is -2.64. The molecule has 7 heteroatoms. The van der Waals surface area contributed by atoms with E-state index in [-0.39, 0.29) is 17.7 Å². The van der Waals surface area contributed by atoms with Crippen molar-refractivity contribution in [2.45, 2.75) is 94.9 Å². The Balaban J connectivity index is 1.27. The number of cyclic esters (lactones) is 1. The molecule has 182 valence electrons. The van der Waals surface area contributed by atoms with Crippen LogP contribution in [0, 0.1) is 23.2 Å². The highest BCUT2D eigenvalue weighted by Gasteiger charge is 2.67. The molecule has 5 atom stereocenters. The van der Waals surface area contributed by atoms with Crippen LogP contribution >= 0.6 is 11.8 Å². The van der Waals surface area contributed by atoms with Gasteiger partial charge in [-0.05, 0) is 61.8 Å². The lowest BCUT2D eigenvalue weighted by Crippen LogP contribution is -2.65. The summed E-state index contributed by atoms with van der Waals surface area (Å²) in [5.41, 5.74) is 1.46. The summed E-state index contributed by atoms with van der Waals surface area (Å²) in [5, 5.41) is 0.466. The standard InChI is InChI=1S/C27H35BO5S/c1-15(16-7-8-16)34-19-10-9-17(23-22(19)24(29)31-26(4,5)30-23)11-12-28-32-21-14-18-13-20(25(18,2)3)27(21,6)33-28/h9-12,15-16,18,20-21H,7-8,13-14H2,1-6H3/b12-11-/t15?,18-,20-,21+,27+/m1/s1. The van der Waals surface area contributed by atoms with Crippen molar-refractivity contribution in [3.63, 3.8) is 0 Å². The van der Waals surface area contributed by atoms with Crippen molar-refractivity contribution in [3.8, 4) is 5.75 Å². The van der Waals surface area contributed by atoms with Gasteiger partial charge in [0.05, 0.1) is 11.7 Å². The highest BCUT2D eigenvalue weighted by atomic mass is 32.2. The van der Waals surface area contributed by atoms with Gasteiger partial charge in [-0.15, -0.1) is 11.8 Å². The average molecular weight is 482 g/mol. The molecule has 2 aliphatic heterocycles. The third-order valence-electron chi connectivity index (χ3n) is 9.04. The Morgan fingerprint density at radius 1 is 1.12 bits per heavy atom. The van der Waals surface area contributed by atoms with Gasteiger partial charge >= 0.3 is 13.1 Å². The molecule has 0 aromatic heterocycles. The van der Waals surface area contributed by atoms with Crippen molar-refractivity contribution in [2.75, 3.05) is 0 Å². The summed E-state index contributed by atoms with van der Waals surface area (Å²) in [5.74, 6) is 3.22. The average Bonchev–Trinajstić information content (AvgIpc) is 3.53. The molecule has 2 heterocycles. The summed E-state index contributed by atoms with van der Waals surface area (Å²) in [6.07, 6.45) is 6.95. The number of benzene rings is 1. The van der Waals surface area contributed by atoms with E-state index in [9.17, 15) is 4.79 Å². The fraction of sp³-hybridized carbons (Fsp3) is 0.667. The van der Waals surface area contributed by atoms with Crippen molar-refractivity contribution in [3.05, 3.63) is 29.2 Å². The number of carbonyl (C=O) groups is 1. The van der Waals surface area contributed by atoms with Gasteiger partial charge in [0.25, 0.3) is 0 Å². The van der Waals surface area contributed by atoms with Crippen LogP contribution in [-0.4, -0.2) is 35.8 Å². The van der Waals surface area contributed by atoms with E-state index in [0.29, 0.717) is 27.9 Å². The molecule has 1 saturated heterocycles. The number of esters is 1. The summed E-state index contributed by atoms with van der Waals surface area (Å²) >= 11 is 1.75. The maximum atomic E-state index is 13.0. The maximum Gasteiger partial charge on any atom is 0.486 e. The van der Waals surface area contributed by atoms with Crippen LogP contribution in [0.3, 0.4) is 0 Å². The fourth-order valence-electron chi connectivity index (χ4n) is 6.68. The SMILES string of the molecule is CC(Sc1ccc(/C=C\B2O[C@H]3C[C@H]4C[C@H](C4(C)C)[C@]3(C)O2)c2c1C(=O)OC(C)(C)O2)C1CC1. The predicted molar refractivity (Wildman–Crippen MR) is 134 cm³/mol. The first-order chi connectivity index (χ1) is 16.0. The second kappa shape index (κ2) is 7.53. The van der Waals surface area contributed by atoms with Crippen LogP contribution in [0.25, 0.3) is 6.08 Å². The molecule has 4 aliphatic carbocycles. The molecule has 7 rings (SSSR count). The van der Waals surface area contributed by atoms with Gasteiger partial charge in [0.15, 0.2) is 0 Å². The largest absolute Gasteiger partial charge is 0.486 e. The van der Waals surface area contributed by atoms with Crippen molar-refractivity contribution < 1.29 is 23.6 Å². The molecule has 0 radical (unpaired) electrons. The van der Waals surface area contributed by atoms with Crippen LogP contribution in [0.4, 0.5) is 0 Å². The van der Waals surface area contributed by atoms with Gasteiger partial charge in [-0.1, -0.05) is 38.9 Å². The van der Waals surface area contributed by atoms with E-state index in [4.69, 9.17) is 18.8 Å². The smallest absolute Gasteiger partial charge is 0.451 e. The fourth-order valence-corrected chi connectivity index (χ4v) is 7.98. The van der Waals surface area contributed by atoms with Crippen LogP contribution in [0.2, 0.25) is 0 Å². The van der Waals surface area contributed by atoms with Crippen molar-refractivity contribution in [1.29, 1.82) is 0 Å². The van der Waals surface area contributed by atoms with Gasteiger partial charge in [0.1, 0.15) is 11.3 Å². The highest BCUT2D eigenvalue weighted by Crippen LogP contribution is 2.65. The molecule has 6 aliphatic rings. The molecule has 0 spiro atoms. The minimum Gasteiger partial charge on any atom is -0.451 e. The molecule has 0 N–H and O–H groups in total. The van der Waals surface area contributed by atoms with Crippen molar-refractivity contribution in [1.82, 2.24) is 0 Å². The Bertz CT molecular complexity index is 1060. The molecule has 5 nitrogen and oxygen atoms in total. The summed E-state index contributed by atoms with van der Waals surface area (Å²) in [6, 6.07) is 4.06. The molecule has 1 aromatic rings. The minimum atomic E-state index is -1.01. The molecule has 34 heavy (non-hydrogen) atoms. The van der Waals surface area contributed by atoms with Gasteiger partial charge in [0, 0.05) is 29.6 Å². The lowest BCUT2D eigenvalue weighted by atomic mass is 9.43. The van der Waals surface area contributed by atoms with Gasteiger partial charge < -0.3 is 18.8 Å². The Morgan fingerprint density at radius 2 is 1.88 bits per heavy atom.